The molecule has 2 aromatic rings. The van der Waals surface area contributed by atoms with E-state index in [-0.39, 0.29) is 0 Å². The molecule has 0 atom stereocenters. The molecule has 0 saturated heterocycles. The summed E-state index contributed by atoms with van der Waals surface area (Å²) in [7, 11) is 8.47. The van der Waals surface area contributed by atoms with Crippen molar-refractivity contribution in [3.63, 3.8) is 0 Å². The predicted molar refractivity (Wildman–Crippen MR) is 96.4 cm³/mol. The van der Waals surface area contributed by atoms with Gasteiger partial charge in [-0.05, 0) is 63.3 Å². The van der Waals surface area contributed by atoms with Gasteiger partial charge in [0.2, 0.25) is 0 Å². The van der Waals surface area contributed by atoms with Gasteiger partial charge in [0.1, 0.15) is 0 Å². The van der Waals surface area contributed by atoms with Crippen LogP contribution in [0.3, 0.4) is 0 Å². The minimum absolute atomic E-state index is 1.10. The molecule has 118 valence electrons. The molecule has 0 fully saturated rings. The molecule has 0 unspecified atom stereocenters. The quantitative estimate of drug-likeness (QED) is 0.771. The number of benzene rings is 2. The summed E-state index contributed by atoms with van der Waals surface area (Å²) >= 11 is 0. The Labute approximate surface area is 135 Å². The van der Waals surface area contributed by atoms with Gasteiger partial charge in [0.15, 0.2) is 0 Å². The minimum Gasteiger partial charge on any atom is -0.309 e. The molecule has 0 aliphatic heterocycles. The molecular formula is C20H28N2. The molecule has 0 heterocycles. The van der Waals surface area contributed by atoms with E-state index in [4.69, 9.17) is 0 Å². The van der Waals surface area contributed by atoms with Crippen molar-refractivity contribution in [2.45, 2.75) is 12.8 Å². The van der Waals surface area contributed by atoms with Crippen LogP contribution in [0.25, 0.3) is 11.1 Å². The highest BCUT2D eigenvalue weighted by atomic mass is 15.0. The summed E-state index contributed by atoms with van der Waals surface area (Å²) in [6, 6.07) is 17.9. The maximum atomic E-state index is 2.25. The van der Waals surface area contributed by atoms with Crippen molar-refractivity contribution in [3.8, 4) is 11.1 Å². The second kappa shape index (κ2) is 8.11. The highest BCUT2D eigenvalue weighted by Crippen LogP contribution is 2.21. The number of nitrogens with zero attached hydrogens (tertiary/aromatic N) is 2. The third-order valence-electron chi connectivity index (χ3n) is 3.94. The first-order valence-electron chi connectivity index (χ1n) is 8.02. The average Bonchev–Trinajstić information content (AvgIpc) is 2.52. The molecule has 0 N–H and O–H groups in total. The number of hydrogen-bond donors (Lipinski definition) is 0. The topological polar surface area (TPSA) is 6.48 Å². The third-order valence-corrected chi connectivity index (χ3v) is 3.94. The Kier molecular flexibility index (Phi) is 6.17. The molecule has 2 nitrogen and oxygen atoms in total. The Morgan fingerprint density at radius 2 is 0.864 bits per heavy atom. The molecule has 2 aromatic carbocycles. The van der Waals surface area contributed by atoms with Crippen molar-refractivity contribution in [2.75, 3.05) is 41.3 Å². The van der Waals surface area contributed by atoms with Gasteiger partial charge >= 0.3 is 0 Å². The second-order valence-corrected chi connectivity index (χ2v) is 6.50. The molecule has 22 heavy (non-hydrogen) atoms. The van der Waals surface area contributed by atoms with Crippen molar-refractivity contribution in [3.05, 3.63) is 59.7 Å². The van der Waals surface area contributed by atoms with Crippen molar-refractivity contribution in [1.82, 2.24) is 9.80 Å². The van der Waals surface area contributed by atoms with Crippen LogP contribution < -0.4 is 0 Å². The SMILES string of the molecule is CN(C)CCc1ccc(-c2ccc(CCN(C)C)cc2)cc1. The normalized spacial score (nSPS) is 11.4. The van der Waals surface area contributed by atoms with Gasteiger partial charge in [0.25, 0.3) is 0 Å². The summed E-state index contributed by atoms with van der Waals surface area (Å²) in [5.41, 5.74) is 5.40. The van der Waals surface area contributed by atoms with Gasteiger partial charge in [-0.2, -0.15) is 0 Å². The third kappa shape index (κ3) is 5.28. The maximum absolute atomic E-state index is 2.25. The fraction of sp³-hybridized carbons (Fsp3) is 0.400. The van der Waals surface area contributed by atoms with E-state index in [9.17, 15) is 0 Å². The fourth-order valence-electron chi connectivity index (χ4n) is 2.43. The first kappa shape index (κ1) is 16.7. The van der Waals surface area contributed by atoms with Crippen molar-refractivity contribution in [1.29, 1.82) is 0 Å². The fourth-order valence-corrected chi connectivity index (χ4v) is 2.43. The highest BCUT2D eigenvalue weighted by molar-refractivity contribution is 5.64. The van der Waals surface area contributed by atoms with E-state index < -0.39 is 0 Å². The van der Waals surface area contributed by atoms with E-state index in [0.717, 1.165) is 25.9 Å². The Hall–Kier alpha value is -1.64. The summed E-state index contributed by atoms with van der Waals surface area (Å²) in [5.74, 6) is 0. The van der Waals surface area contributed by atoms with Crippen molar-refractivity contribution < 1.29 is 0 Å². The lowest BCUT2D eigenvalue weighted by Crippen LogP contribution is -2.15. The first-order chi connectivity index (χ1) is 10.5. The molecule has 0 aliphatic rings. The van der Waals surface area contributed by atoms with Crippen LogP contribution in [0.1, 0.15) is 11.1 Å². The van der Waals surface area contributed by atoms with Crippen molar-refractivity contribution >= 4 is 0 Å². The van der Waals surface area contributed by atoms with Crippen LogP contribution >= 0.6 is 0 Å². The summed E-state index contributed by atoms with van der Waals surface area (Å²) in [4.78, 5) is 4.45. The summed E-state index contributed by atoms with van der Waals surface area (Å²) < 4.78 is 0. The number of likely N-dealkylation sites (N-methyl/N-ethyl adjacent to an activating group) is 2. The molecule has 0 spiro atoms. The lowest BCUT2D eigenvalue weighted by Gasteiger charge is -2.11. The van der Waals surface area contributed by atoms with E-state index in [2.05, 4.69) is 86.5 Å². The van der Waals surface area contributed by atoms with Gasteiger partial charge in [-0.3, -0.25) is 0 Å². The van der Waals surface area contributed by atoms with E-state index in [0.29, 0.717) is 0 Å². The van der Waals surface area contributed by atoms with Crippen LogP contribution in [0.4, 0.5) is 0 Å². The molecule has 0 amide bonds. The van der Waals surface area contributed by atoms with Crippen LogP contribution in [0.15, 0.2) is 48.5 Å². The standard InChI is InChI=1S/C20H28N2/c1-21(2)15-13-17-5-9-19(10-6-17)20-11-7-18(8-12-20)14-16-22(3)4/h5-12H,13-16H2,1-4H3. The lowest BCUT2D eigenvalue weighted by molar-refractivity contribution is 0.413. The molecule has 2 rings (SSSR count). The van der Waals surface area contributed by atoms with Crippen LogP contribution in [0, 0.1) is 0 Å². The van der Waals surface area contributed by atoms with Crippen LogP contribution in [0.2, 0.25) is 0 Å². The molecule has 0 radical (unpaired) electrons. The van der Waals surface area contributed by atoms with E-state index in [1.807, 2.05) is 0 Å². The summed E-state index contributed by atoms with van der Waals surface area (Å²) in [5, 5.41) is 0. The van der Waals surface area contributed by atoms with Gasteiger partial charge < -0.3 is 9.80 Å². The van der Waals surface area contributed by atoms with Gasteiger partial charge in [0.05, 0.1) is 0 Å². The molecule has 0 aliphatic carbocycles. The second-order valence-electron chi connectivity index (χ2n) is 6.50. The molecule has 0 aromatic heterocycles. The molecule has 0 bridgehead atoms. The Morgan fingerprint density at radius 3 is 1.14 bits per heavy atom. The van der Waals surface area contributed by atoms with Crippen LogP contribution in [0.5, 0.6) is 0 Å². The van der Waals surface area contributed by atoms with E-state index >= 15 is 0 Å². The zero-order valence-corrected chi connectivity index (χ0v) is 14.3. The van der Waals surface area contributed by atoms with E-state index in [1.165, 1.54) is 22.3 Å². The van der Waals surface area contributed by atoms with Gasteiger partial charge in [0, 0.05) is 13.1 Å². The Morgan fingerprint density at radius 1 is 0.545 bits per heavy atom. The minimum atomic E-state index is 1.10. The number of rotatable bonds is 7. The smallest absolute Gasteiger partial charge is 0.00157 e. The van der Waals surface area contributed by atoms with Gasteiger partial charge in [-0.15, -0.1) is 0 Å². The van der Waals surface area contributed by atoms with E-state index in [1.54, 1.807) is 0 Å². The highest BCUT2D eigenvalue weighted by Gasteiger charge is 2.00. The molecule has 0 saturated carbocycles. The van der Waals surface area contributed by atoms with Crippen LogP contribution in [-0.2, 0) is 12.8 Å². The molecule has 2 heteroatoms. The van der Waals surface area contributed by atoms with Gasteiger partial charge in [-0.1, -0.05) is 48.5 Å². The van der Waals surface area contributed by atoms with Crippen LogP contribution in [-0.4, -0.2) is 51.1 Å². The lowest BCUT2D eigenvalue weighted by atomic mass is 10.0. The van der Waals surface area contributed by atoms with Crippen molar-refractivity contribution in [2.24, 2.45) is 0 Å². The first-order valence-corrected chi connectivity index (χ1v) is 8.02. The van der Waals surface area contributed by atoms with Gasteiger partial charge in [-0.25, -0.2) is 0 Å². The Bertz CT molecular complexity index is 500. The summed E-state index contributed by atoms with van der Waals surface area (Å²) in [6.45, 7) is 2.19. The number of hydrogen-bond acceptors (Lipinski definition) is 2. The maximum Gasteiger partial charge on any atom is 0.00157 e. The predicted octanol–water partition coefficient (Wildman–Crippen LogP) is 3.56. The summed E-state index contributed by atoms with van der Waals surface area (Å²) in [6.07, 6.45) is 2.22. The average molecular weight is 296 g/mol. The zero-order chi connectivity index (χ0) is 15.9. The zero-order valence-electron chi connectivity index (χ0n) is 14.3. The monoisotopic (exact) mass is 296 g/mol. The Balaban J connectivity index is 1.99. The molecular weight excluding hydrogens is 268 g/mol. The largest absolute Gasteiger partial charge is 0.309 e.